The van der Waals surface area contributed by atoms with Gasteiger partial charge >= 0.3 is 0 Å². The smallest absolute Gasteiger partial charge is 0.179 e. The molecule has 1 aromatic carbocycles. The lowest BCUT2D eigenvalue weighted by molar-refractivity contribution is 0.269. The molecule has 0 unspecified atom stereocenters. The van der Waals surface area contributed by atoms with E-state index in [1.807, 2.05) is 6.92 Å². The van der Waals surface area contributed by atoms with Crippen molar-refractivity contribution in [3.05, 3.63) is 22.2 Å². The Morgan fingerprint density at radius 1 is 1.29 bits per heavy atom. The minimum atomic E-state index is -0.0947. The Kier molecular flexibility index (Phi) is 3.61. The molecule has 0 bridgehead atoms. The number of halogens is 1. The lowest BCUT2D eigenvalue weighted by atomic mass is 10.1. The highest BCUT2D eigenvalue weighted by atomic mass is 35.5. The SMILES string of the molecule is COc1c(Cl)cc(C)c(CO)c1OC. The van der Waals surface area contributed by atoms with Crippen LogP contribution in [-0.2, 0) is 6.61 Å². The fraction of sp³-hybridized carbons (Fsp3) is 0.400. The van der Waals surface area contributed by atoms with Gasteiger partial charge in [-0.3, -0.25) is 0 Å². The molecule has 0 amide bonds. The normalized spacial score (nSPS) is 10.1. The predicted molar refractivity (Wildman–Crippen MR) is 55.2 cm³/mol. The van der Waals surface area contributed by atoms with E-state index in [9.17, 15) is 0 Å². The van der Waals surface area contributed by atoms with Crippen LogP contribution in [0.15, 0.2) is 6.07 Å². The third-order valence-electron chi connectivity index (χ3n) is 2.08. The Morgan fingerprint density at radius 2 is 1.86 bits per heavy atom. The van der Waals surface area contributed by atoms with Crippen LogP contribution < -0.4 is 9.47 Å². The molecule has 0 aliphatic carbocycles. The van der Waals surface area contributed by atoms with Crippen molar-refractivity contribution in [1.29, 1.82) is 0 Å². The summed E-state index contributed by atoms with van der Waals surface area (Å²) in [6.45, 7) is 1.77. The predicted octanol–water partition coefficient (Wildman–Crippen LogP) is 2.16. The fourth-order valence-corrected chi connectivity index (χ4v) is 1.70. The van der Waals surface area contributed by atoms with Gasteiger partial charge in [0.1, 0.15) is 0 Å². The van der Waals surface area contributed by atoms with E-state index in [2.05, 4.69) is 0 Å². The van der Waals surface area contributed by atoms with Crippen molar-refractivity contribution < 1.29 is 14.6 Å². The highest BCUT2D eigenvalue weighted by Gasteiger charge is 2.15. The molecule has 78 valence electrons. The molecule has 0 saturated heterocycles. The summed E-state index contributed by atoms with van der Waals surface area (Å²) in [6, 6.07) is 1.74. The van der Waals surface area contributed by atoms with Crippen LogP contribution in [0, 0.1) is 6.92 Å². The molecule has 0 atom stereocenters. The molecule has 0 fully saturated rings. The van der Waals surface area contributed by atoms with Gasteiger partial charge in [0.15, 0.2) is 11.5 Å². The minimum absolute atomic E-state index is 0.0947. The lowest BCUT2D eigenvalue weighted by Crippen LogP contribution is -1.99. The van der Waals surface area contributed by atoms with Crippen molar-refractivity contribution in [2.75, 3.05) is 14.2 Å². The molecular weight excluding hydrogens is 204 g/mol. The Bertz CT molecular complexity index is 308. The Morgan fingerprint density at radius 3 is 2.29 bits per heavy atom. The van der Waals surface area contributed by atoms with Crippen LogP contribution in [0.25, 0.3) is 0 Å². The first-order chi connectivity index (χ1) is 6.65. The van der Waals surface area contributed by atoms with Gasteiger partial charge < -0.3 is 14.6 Å². The summed E-state index contributed by atoms with van der Waals surface area (Å²) in [5.74, 6) is 0.962. The van der Waals surface area contributed by atoms with Crippen molar-refractivity contribution in [3.63, 3.8) is 0 Å². The minimum Gasteiger partial charge on any atom is -0.492 e. The Balaban J connectivity index is 3.43. The molecule has 1 aromatic rings. The molecule has 3 nitrogen and oxygen atoms in total. The van der Waals surface area contributed by atoms with Gasteiger partial charge in [0.2, 0.25) is 0 Å². The van der Waals surface area contributed by atoms with Crippen LogP contribution in [0.4, 0.5) is 0 Å². The van der Waals surface area contributed by atoms with Gasteiger partial charge in [-0.2, -0.15) is 0 Å². The number of ether oxygens (including phenoxy) is 2. The van der Waals surface area contributed by atoms with Gasteiger partial charge in [0, 0.05) is 5.56 Å². The molecule has 0 aromatic heterocycles. The van der Waals surface area contributed by atoms with Crippen LogP contribution >= 0.6 is 11.6 Å². The van der Waals surface area contributed by atoms with Crippen molar-refractivity contribution in [3.8, 4) is 11.5 Å². The van der Waals surface area contributed by atoms with Gasteiger partial charge in [-0.1, -0.05) is 11.6 Å². The van der Waals surface area contributed by atoms with E-state index in [1.165, 1.54) is 14.2 Å². The summed E-state index contributed by atoms with van der Waals surface area (Å²) in [4.78, 5) is 0. The summed E-state index contributed by atoms with van der Waals surface area (Å²) in [7, 11) is 3.03. The zero-order valence-corrected chi connectivity index (χ0v) is 9.18. The molecule has 1 rings (SSSR count). The van der Waals surface area contributed by atoms with E-state index >= 15 is 0 Å². The molecular formula is C10H13ClO3. The molecule has 1 N–H and O–H groups in total. The molecule has 14 heavy (non-hydrogen) atoms. The van der Waals surface area contributed by atoms with Gasteiger partial charge in [-0.05, 0) is 18.6 Å². The summed E-state index contributed by atoms with van der Waals surface area (Å²) in [5, 5.41) is 9.65. The maximum absolute atomic E-state index is 9.16. The molecule has 0 radical (unpaired) electrons. The first-order valence-corrected chi connectivity index (χ1v) is 4.54. The van der Waals surface area contributed by atoms with Gasteiger partial charge in [-0.15, -0.1) is 0 Å². The first kappa shape index (κ1) is 11.1. The van der Waals surface area contributed by atoms with Crippen molar-refractivity contribution in [1.82, 2.24) is 0 Å². The molecule has 0 heterocycles. The van der Waals surface area contributed by atoms with Crippen molar-refractivity contribution >= 4 is 11.6 Å². The number of aryl methyl sites for hydroxylation is 1. The van der Waals surface area contributed by atoms with Crippen molar-refractivity contribution in [2.24, 2.45) is 0 Å². The molecule has 0 saturated carbocycles. The second-order valence-corrected chi connectivity index (χ2v) is 3.29. The molecule has 0 aliphatic rings. The zero-order chi connectivity index (χ0) is 10.7. The van der Waals surface area contributed by atoms with Gasteiger partial charge in [0.05, 0.1) is 25.8 Å². The third kappa shape index (κ3) is 1.79. The number of rotatable bonds is 3. The number of hydrogen-bond acceptors (Lipinski definition) is 3. The third-order valence-corrected chi connectivity index (χ3v) is 2.36. The average molecular weight is 217 g/mol. The Hall–Kier alpha value is -0.930. The summed E-state index contributed by atoms with van der Waals surface area (Å²) in [5.41, 5.74) is 1.59. The van der Waals surface area contributed by atoms with E-state index in [1.54, 1.807) is 6.07 Å². The molecule has 0 aliphatic heterocycles. The van der Waals surface area contributed by atoms with Crippen LogP contribution in [0.2, 0.25) is 5.02 Å². The number of methoxy groups -OCH3 is 2. The quantitative estimate of drug-likeness (QED) is 0.842. The number of aliphatic hydroxyl groups is 1. The van der Waals surface area contributed by atoms with Crippen LogP contribution in [-0.4, -0.2) is 19.3 Å². The van der Waals surface area contributed by atoms with E-state index < -0.39 is 0 Å². The first-order valence-electron chi connectivity index (χ1n) is 4.16. The van der Waals surface area contributed by atoms with Crippen LogP contribution in [0.3, 0.4) is 0 Å². The number of aliphatic hydroxyl groups excluding tert-OH is 1. The lowest BCUT2D eigenvalue weighted by Gasteiger charge is -2.14. The van der Waals surface area contributed by atoms with E-state index in [-0.39, 0.29) is 6.61 Å². The number of hydrogen-bond donors (Lipinski definition) is 1. The monoisotopic (exact) mass is 216 g/mol. The summed E-state index contributed by atoms with van der Waals surface area (Å²) in [6.07, 6.45) is 0. The van der Waals surface area contributed by atoms with Crippen LogP contribution in [0.5, 0.6) is 11.5 Å². The molecule has 4 heteroatoms. The van der Waals surface area contributed by atoms with Crippen molar-refractivity contribution in [2.45, 2.75) is 13.5 Å². The zero-order valence-electron chi connectivity index (χ0n) is 8.43. The van der Waals surface area contributed by atoms with Gasteiger partial charge in [0.25, 0.3) is 0 Å². The maximum Gasteiger partial charge on any atom is 0.179 e. The topological polar surface area (TPSA) is 38.7 Å². The largest absolute Gasteiger partial charge is 0.492 e. The van der Waals surface area contributed by atoms with Gasteiger partial charge in [-0.25, -0.2) is 0 Å². The van der Waals surface area contributed by atoms with E-state index in [0.29, 0.717) is 22.1 Å². The second kappa shape index (κ2) is 4.53. The standard InChI is InChI=1S/C10H13ClO3/c1-6-4-8(11)10(14-3)9(13-2)7(6)5-12/h4,12H,5H2,1-3H3. The number of benzene rings is 1. The van der Waals surface area contributed by atoms with Crippen LogP contribution in [0.1, 0.15) is 11.1 Å². The summed E-state index contributed by atoms with van der Waals surface area (Å²) < 4.78 is 10.2. The van der Waals surface area contributed by atoms with E-state index in [4.69, 9.17) is 26.2 Å². The fourth-order valence-electron chi connectivity index (χ4n) is 1.37. The maximum atomic E-state index is 9.16. The average Bonchev–Trinajstić information content (AvgIpc) is 2.16. The molecule has 0 spiro atoms. The highest BCUT2D eigenvalue weighted by molar-refractivity contribution is 6.32. The van der Waals surface area contributed by atoms with E-state index in [0.717, 1.165) is 5.56 Å². The Labute approximate surface area is 88.2 Å². The summed E-state index contributed by atoms with van der Waals surface area (Å²) >= 11 is 5.96. The second-order valence-electron chi connectivity index (χ2n) is 2.88. The highest BCUT2D eigenvalue weighted by Crippen LogP contribution is 2.39.